The summed E-state index contributed by atoms with van der Waals surface area (Å²) in [6.45, 7) is 3.33. The maximum atomic E-state index is 13.1. The van der Waals surface area contributed by atoms with Crippen LogP contribution in [0.5, 0.6) is 0 Å². The molecule has 2 aliphatic rings. The van der Waals surface area contributed by atoms with Gasteiger partial charge in [0, 0.05) is 24.7 Å². The van der Waals surface area contributed by atoms with Crippen LogP contribution in [0, 0.1) is 24.6 Å². The largest absolute Gasteiger partial charge is 0.338 e. The van der Waals surface area contributed by atoms with Crippen LogP contribution in [-0.2, 0) is 0 Å². The van der Waals surface area contributed by atoms with Crippen molar-refractivity contribution in [2.24, 2.45) is 17.6 Å². The third kappa shape index (κ3) is 2.14. The first-order chi connectivity index (χ1) is 9.06. The Morgan fingerprint density at radius 1 is 1.37 bits per heavy atom. The highest BCUT2D eigenvalue weighted by molar-refractivity contribution is 5.95. The van der Waals surface area contributed by atoms with Crippen LogP contribution in [-0.4, -0.2) is 29.9 Å². The first-order valence-corrected chi connectivity index (χ1v) is 6.87. The summed E-state index contributed by atoms with van der Waals surface area (Å²) < 4.78 is 13.1. The van der Waals surface area contributed by atoms with E-state index >= 15 is 0 Å². The van der Waals surface area contributed by atoms with E-state index in [1.165, 1.54) is 12.1 Å². The molecule has 0 aromatic heterocycles. The number of hydrogen-bond donors (Lipinski definition) is 1. The molecule has 1 amide bonds. The quantitative estimate of drug-likeness (QED) is 0.840. The van der Waals surface area contributed by atoms with Crippen LogP contribution < -0.4 is 5.73 Å². The summed E-state index contributed by atoms with van der Waals surface area (Å²) in [7, 11) is 0. The van der Waals surface area contributed by atoms with Crippen molar-refractivity contribution in [1.82, 2.24) is 4.90 Å². The minimum absolute atomic E-state index is 0.0131. The maximum absolute atomic E-state index is 13.1. The third-order valence-electron chi connectivity index (χ3n) is 4.62. The highest BCUT2D eigenvalue weighted by atomic mass is 19.1. The van der Waals surface area contributed by atoms with E-state index in [1.807, 2.05) is 4.90 Å². The molecule has 2 fully saturated rings. The first kappa shape index (κ1) is 12.6. The van der Waals surface area contributed by atoms with E-state index in [2.05, 4.69) is 0 Å². The van der Waals surface area contributed by atoms with E-state index in [-0.39, 0.29) is 17.8 Å². The van der Waals surface area contributed by atoms with Crippen molar-refractivity contribution < 1.29 is 9.18 Å². The van der Waals surface area contributed by atoms with Crippen molar-refractivity contribution in [2.75, 3.05) is 13.1 Å². The van der Waals surface area contributed by atoms with Crippen LogP contribution in [0.2, 0.25) is 0 Å². The van der Waals surface area contributed by atoms with E-state index in [0.29, 0.717) is 23.0 Å². The Labute approximate surface area is 112 Å². The molecular weight excluding hydrogens is 243 g/mol. The molecule has 1 heterocycles. The number of rotatable bonds is 1. The van der Waals surface area contributed by atoms with Gasteiger partial charge in [-0.05, 0) is 55.4 Å². The lowest BCUT2D eigenvalue weighted by atomic mass is 9.98. The van der Waals surface area contributed by atoms with Gasteiger partial charge in [-0.25, -0.2) is 4.39 Å². The Morgan fingerprint density at radius 2 is 2.16 bits per heavy atom. The fraction of sp³-hybridized carbons (Fsp3) is 0.533. The number of halogens is 1. The number of carbonyl (C=O) groups is 1. The van der Waals surface area contributed by atoms with Crippen molar-refractivity contribution in [3.05, 3.63) is 35.1 Å². The average molecular weight is 262 g/mol. The van der Waals surface area contributed by atoms with Crippen molar-refractivity contribution in [3.8, 4) is 0 Å². The number of likely N-dealkylation sites (tertiary alicyclic amines) is 1. The maximum Gasteiger partial charge on any atom is 0.254 e. The number of amides is 1. The van der Waals surface area contributed by atoms with Gasteiger partial charge in [-0.2, -0.15) is 0 Å². The summed E-state index contributed by atoms with van der Waals surface area (Å²) in [5.74, 6) is 0.720. The highest BCUT2D eigenvalue weighted by Gasteiger charge is 2.42. The summed E-state index contributed by atoms with van der Waals surface area (Å²) in [4.78, 5) is 14.4. The molecular formula is C15H19FN2O. The van der Waals surface area contributed by atoms with Gasteiger partial charge in [0.15, 0.2) is 0 Å². The molecule has 3 rings (SSSR count). The molecule has 0 radical (unpaired) electrons. The summed E-state index contributed by atoms with van der Waals surface area (Å²) in [6.07, 6.45) is 2.20. The van der Waals surface area contributed by atoms with Gasteiger partial charge in [-0.15, -0.1) is 0 Å². The van der Waals surface area contributed by atoms with Gasteiger partial charge in [-0.1, -0.05) is 0 Å². The van der Waals surface area contributed by atoms with Crippen LogP contribution in [0.3, 0.4) is 0 Å². The van der Waals surface area contributed by atoms with Crippen molar-refractivity contribution in [3.63, 3.8) is 0 Å². The van der Waals surface area contributed by atoms with Crippen molar-refractivity contribution >= 4 is 5.91 Å². The molecule has 1 saturated heterocycles. The fourth-order valence-corrected chi connectivity index (χ4v) is 3.51. The second-order valence-electron chi connectivity index (χ2n) is 5.83. The second kappa shape index (κ2) is 4.60. The standard InChI is InChI=1S/C15H19FN2O/c1-9-6-11(16)3-4-12(9)15(19)18-7-10-2-5-14(17)13(10)8-18/h3-4,6,10,13-14H,2,5,7-8,17H2,1H3. The predicted molar refractivity (Wildman–Crippen MR) is 71.2 cm³/mol. The van der Waals surface area contributed by atoms with Crippen LogP contribution in [0.25, 0.3) is 0 Å². The SMILES string of the molecule is Cc1cc(F)ccc1C(=O)N1CC2CCC(N)C2C1. The molecule has 3 atom stereocenters. The van der Waals surface area contributed by atoms with Crippen molar-refractivity contribution in [1.29, 1.82) is 0 Å². The zero-order chi connectivity index (χ0) is 13.6. The lowest BCUT2D eigenvalue weighted by Gasteiger charge is -2.19. The molecule has 102 valence electrons. The summed E-state index contributed by atoms with van der Waals surface area (Å²) in [5, 5.41) is 0. The second-order valence-corrected chi connectivity index (χ2v) is 5.83. The van der Waals surface area contributed by atoms with Crippen LogP contribution >= 0.6 is 0 Å². The lowest BCUT2D eigenvalue weighted by molar-refractivity contribution is 0.0779. The topological polar surface area (TPSA) is 46.3 Å². The summed E-state index contributed by atoms with van der Waals surface area (Å²) >= 11 is 0. The van der Waals surface area contributed by atoms with Crippen molar-refractivity contribution in [2.45, 2.75) is 25.8 Å². The number of carbonyl (C=O) groups excluding carboxylic acids is 1. The van der Waals surface area contributed by atoms with Crippen LogP contribution in [0.15, 0.2) is 18.2 Å². The number of fused-ring (bicyclic) bond motifs is 1. The monoisotopic (exact) mass is 262 g/mol. The Morgan fingerprint density at radius 3 is 2.84 bits per heavy atom. The van der Waals surface area contributed by atoms with Crippen LogP contribution in [0.4, 0.5) is 4.39 Å². The number of hydrogen-bond acceptors (Lipinski definition) is 2. The third-order valence-corrected chi connectivity index (χ3v) is 4.62. The minimum atomic E-state index is -0.297. The van der Waals surface area contributed by atoms with E-state index in [1.54, 1.807) is 13.0 Å². The molecule has 1 aromatic rings. The first-order valence-electron chi connectivity index (χ1n) is 6.87. The minimum Gasteiger partial charge on any atom is -0.338 e. The van der Waals surface area contributed by atoms with Gasteiger partial charge >= 0.3 is 0 Å². The molecule has 3 unspecified atom stereocenters. The molecule has 4 heteroatoms. The summed E-state index contributed by atoms with van der Waals surface area (Å²) in [6, 6.07) is 4.58. The molecule has 0 spiro atoms. The smallest absolute Gasteiger partial charge is 0.254 e. The molecule has 1 aliphatic heterocycles. The van der Waals surface area contributed by atoms with E-state index < -0.39 is 0 Å². The number of nitrogens with zero attached hydrogens (tertiary/aromatic N) is 1. The average Bonchev–Trinajstić information content (AvgIpc) is 2.91. The van der Waals surface area contributed by atoms with Gasteiger partial charge < -0.3 is 10.6 Å². The number of benzene rings is 1. The van der Waals surface area contributed by atoms with Crippen LogP contribution in [0.1, 0.15) is 28.8 Å². The molecule has 1 aromatic carbocycles. The summed E-state index contributed by atoms with van der Waals surface area (Å²) in [5.41, 5.74) is 7.39. The molecule has 2 N–H and O–H groups in total. The van der Waals surface area contributed by atoms with Gasteiger partial charge in [-0.3, -0.25) is 4.79 Å². The van der Waals surface area contributed by atoms with Gasteiger partial charge in [0.25, 0.3) is 5.91 Å². The van der Waals surface area contributed by atoms with Gasteiger partial charge in [0.2, 0.25) is 0 Å². The molecule has 1 saturated carbocycles. The van der Waals surface area contributed by atoms with Gasteiger partial charge in [0.05, 0.1) is 0 Å². The Balaban J connectivity index is 1.78. The molecule has 19 heavy (non-hydrogen) atoms. The highest BCUT2D eigenvalue weighted by Crippen LogP contribution is 2.37. The number of nitrogens with two attached hydrogens (primary N) is 1. The normalized spacial score (nSPS) is 29.6. The Hall–Kier alpha value is -1.42. The predicted octanol–water partition coefficient (Wildman–Crippen LogP) is 1.94. The zero-order valence-electron chi connectivity index (χ0n) is 11.1. The van der Waals surface area contributed by atoms with E-state index in [4.69, 9.17) is 5.73 Å². The fourth-order valence-electron chi connectivity index (χ4n) is 3.51. The van der Waals surface area contributed by atoms with E-state index in [0.717, 1.165) is 25.9 Å². The molecule has 0 bridgehead atoms. The van der Waals surface area contributed by atoms with Gasteiger partial charge in [0.1, 0.15) is 5.82 Å². The van der Waals surface area contributed by atoms with E-state index in [9.17, 15) is 9.18 Å². The zero-order valence-corrected chi connectivity index (χ0v) is 11.1. The molecule has 3 nitrogen and oxygen atoms in total. The molecule has 1 aliphatic carbocycles. The lowest BCUT2D eigenvalue weighted by Crippen LogP contribution is -2.33. The number of aryl methyl sites for hydroxylation is 1. The Kier molecular flexibility index (Phi) is 3.05. The Bertz CT molecular complexity index is 517.